The van der Waals surface area contributed by atoms with Crippen molar-refractivity contribution in [3.8, 4) is 5.75 Å². The summed E-state index contributed by atoms with van der Waals surface area (Å²) in [5, 5.41) is 3.98. The Hall–Kier alpha value is -2.33. The van der Waals surface area contributed by atoms with Crippen molar-refractivity contribution in [1.82, 2.24) is 0 Å². The van der Waals surface area contributed by atoms with Crippen LogP contribution in [0.25, 0.3) is 0 Å². The maximum absolute atomic E-state index is 11.8. The van der Waals surface area contributed by atoms with Gasteiger partial charge in [0.1, 0.15) is 5.75 Å². The molecule has 5 heteroatoms. The van der Waals surface area contributed by atoms with Gasteiger partial charge in [0.25, 0.3) is 0 Å². The van der Waals surface area contributed by atoms with Crippen molar-refractivity contribution in [1.29, 1.82) is 0 Å². The summed E-state index contributed by atoms with van der Waals surface area (Å²) in [5.74, 6) is 5.06. The van der Waals surface area contributed by atoms with Gasteiger partial charge in [-0.15, -0.1) is 0 Å². The Morgan fingerprint density at radius 1 is 1.11 bits per heavy atom. The van der Waals surface area contributed by atoms with Gasteiger partial charge in [-0.3, -0.25) is 0 Å². The lowest BCUT2D eigenvalue weighted by Gasteiger charge is -2.04. The molecular weight excluding hydrogens is 264 g/mol. The van der Waals surface area contributed by atoms with Crippen molar-refractivity contribution >= 4 is 23.8 Å². The molecule has 0 amide bonds. The van der Waals surface area contributed by atoms with Crippen molar-refractivity contribution < 1.29 is 9.53 Å². The molecule has 0 spiro atoms. The van der Waals surface area contributed by atoms with E-state index in [0.29, 0.717) is 16.3 Å². The fraction of sp³-hybridized carbons (Fsp3) is 0. The molecule has 0 saturated heterocycles. The number of carbonyl (C=O) groups excluding carboxylic acids is 1. The first-order chi connectivity index (χ1) is 9.19. The predicted octanol–water partition coefficient (Wildman–Crippen LogP) is 2.85. The number of hydrazone groups is 1. The molecule has 0 aliphatic carbocycles. The van der Waals surface area contributed by atoms with Crippen LogP contribution in [0.2, 0.25) is 5.02 Å². The van der Waals surface area contributed by atoms with Crippen LogP contribution in [0.15, 0.2) is 53.6 Å². The number of nitrogens with zero attached hydrogens (tertiary/aromatic N) is 1. The number of esters is 1. The molecule has 0 radical (unpaired) electrons. The van der Waals surface area contributed by atoms with Crippen LogP contribution in [0.4, 0.5) is 0 Å². The molecule has 0 aliphatic heterocycles. The number of carbonyl (C=O) groups is 1. The lowest BCUT2D eigenvalue weighted by molar-refractivity contribution is 0.0735. The molecule has 0 unspecified atom stereocenters. The summed E-state index contributed by atoms with van der Waals surface area (Å²) in [7, 11) is 0. The average Bonchev–Trinajstić information content (AvgIpc) is 2.42. The van der Waals surface area contributed by atoms with E-state index in [2.05, 4.69) is 5.10 Å². The van der Waals surface area contributed by atoms with Gasteiger partial charge in [-0.2, -0.15) is 5.10 Å². The molecular formula is C14H11ClN2O2. The van der Waals surface area contributed by atoms with Crippen LogP contribution in [-0.4, -0.2) is 12.2 Å². The number of hydrogen-bond acceptors (Lipinski definition) is 4. The fourth-order valence-corrected chi connectivity index (χ4v) is 1.59. The first kappa shape index (κ1) is 13.1. The van der Waals surface area contributed by atoms with Crippen molar-refractivity contribution in [2.75, 3.05) is 0 Å². The van der Waals surface area contributed by atoms with E-state index >= 15 is 0 Å². The van der Waals surface area contributed by atoms with Gasteiger partial charge in [-0.1, -0.05) is 11.6 Å². The van der Waals surface area contributed by atoms with E-state index in [9.17, 15) is 4.79 Å². The molecule has 2 N–H and O–H groups in total. The van der Waals surface area contributed by atoms with E-state index in [1.54, 1.807) is 48.5 Å². The fourth-order valence-electron chi connectivity index (χ4n) is 1.46. The number of ether oxygens (including phenoxy) is 1. The third-order valence-corrected chi connectivity index (χ3v) is 2.65. The first-order valence-electron chi connectivity index (χ1n) is 5.50. The summed E-state index contributed by atoms with van der Waals surface area (Å²) in [6.45, 7) is 0. The Morgan fingerprint density at radius 3 is 2.32 bits per heavy atom. The van der Waals surface area contributed by atoms with Gasteiger partial charge in [-0.25, -0.2) is 4.79 Å². The minimum absolute atomic E-state index is 0.433. The normalized spacial score (nSPS) is 10.6. The van der Waals surface area contributed by atoms with Crippen molar-refractivity contribution in [3.05, 3.63) is 64.7 Å². The van der Waals surface area contributed by atoms with E-state index in [-0.39, 0.29) is 0 Å². The smallest absolute Gasteiger partial charge is 0.343 e. The monoisotopic (exact) mass is 274 g/mol. The standard InChI is InChI=1S/C14H11ClN2O2/c15-12-5-3-11(4-6-12)14(18)19-13-7-1-10(2-8-13)9-17-16/h1-9H,16H2. The molecule has 2 aromatic rings. The molecule has 2 rings (SSSR count). The van der Waals surface area contributed by atoms with Gasteiger partial charge >= 0.3 is 5.97 Å². The quantitative estimate of drug-likeness (QED) is 0.308. The third kappa shape index (κ3) is 3.56. The second kappa shape index (κ2) is 6.02. The van der Waals surface area contributed by atoms with E-state index in [4.69, 9.17) is 22.2 Å². The molecule has 0 bridgehead atoms. The zero-order chi connectivity index (χ0) is 13.7. The number of nitrogens with two attached hydrogens (primary N) is 1. The zero-order valence-electron chi connectivity index (χ0n) is 9.92. The lowest BCUT2D eigenvalue weighted by atomic mass is 10.2. The SMILES string of the molecule is NN=Cc1ccc(OC(=O)c2ccc(Cl)cc2)cc1. The molecule has 2 aromatic carbocycles. The number of rotatable bonds is 3. The van der Waals surface area contributed by atoms with Crippen LogP contribution in [0.3, 0.4) is 0 Å². The molecule has 0 heterocycles. The number of halogens is 1. The zero-order valence-corrected chi connectivity index (χ0v) is 10.7. The second-order valence-electron chi connectivity index (χ2n) is 3.74. The Kier molecular flexibility index (Phi) is 4.15. The van der Waals surface area contributed by atoms with Gasteiger partial charge in [0, 0.05) is 5.02 Å². The van der Waals surface area contributed by atoms with Crippen LogP contribution in [0, 0.1) is 0 Å². The second-order valence-corrected chi connectivity index (χ2v) is 4.18. The molecule has 0 atom stereocenters. The minimum atomic E-state index is -0.433. The van der Waals surface area contributed by atoms with Gasteiger partial charge in [0.05, 0.1) is 11.8 Å². The Balaban J connectivity index is 2.08. The largest absolute Gasteiger partial charge is 0.423 e. The highest BCUT2D eigenvalue weighted by molar-refractivity contribution is 6.30. The molecule has 19 heavy (non-hydrogen) atoms. The highest BCUT2D eigenvalue weighted by Gasteiger charge is 2.07. The van der Waals surface area contributed by atoms with E-state index in [1.807, 2.05) is 0 Å². The molecule has 0 aliphatic rings. The molecule has 0 fully saturated rings. The van der Waals surface area contributed by atoms with Crippen molar-refractivity contribution in [3.63, 3.8) is 0 Å². The maximum atomic E-state index is 11.8. The predicted molar refractivity (Wildman–Crippen MR) is 74.6 cm³/mol. The first-order valence-corrected chi connectivity index (χ1v) is 5.88. The summed E-state index contributed by atoms with van der Waals surface area (Å²) in [5.41, 5.74) is 1.27. The van der Waals surface area contributed by atoms with E-state index in [0.717, 1.165) is 5.56 Å². The van der Waals surface area contributed by atoms with Gasteiger partial charge in [-0.05, 0) is 54.1 Å². The van der Waals surface area contributed by atoms with E-state index < -0.39 is 5.97 Å². The van der Waals surface area contributed by atoms with Gasteiger partial charge in [0.15, 0.2) is 0 Å². The van der Waals surface area contributed by atoms with Gasteiger partial charge in [0.2, 0.25) is 0 Å². The van der Waals surface area contributed by atoms with Crippen LogP contribution >= 0.6 is 11.6 Å². The highest BCUT2D eigenvalue weighted by Crippen LogP contribution is 2.15. The Morgan fingerprint density at radius 2 is 1.74 bits per heavy atom. The summed E-state index contributed by atoms with van der Waals surface area (Å²) >= 11 is 5.75. The van der Waals surface area contributed by atoms with Crippen LogP contribution < -0.4 is 10.6 Å². The molecule has 4 nitrogen and oxygen atoms in total. The van der Waals surface area contributed by atoms with Crippen LogP contribution in [0.1, 0.15) is 15.9 Å². The number of hydrogen-bond donors (Lipinski definition) is 1. The van der Waals surface area contributed by atoms with Crippen molar-refractivity contribution in [2.24, 2.45) is 10.9 Å². The highest BCUT2D eigenvalue weighted by atomic mass is 35.5. The van der Waals surface area contributed by atoms with E-state index in [1.165, 1.54) is 6.21 Å². The molecule has 0 saturated carbocycles. The third-order valence-electron chi connectivity index (χ3n) is 2.39. The Bertz CT molecular complexity index is 592. The maximum Gasteiger partial charge on any atom is 0.343 e. The summed E-state index contributed by atoms with van der Waals surface area (Å²) in [4.78, 5) is 11.8. The lowest BCUT2D eigenvalue weighted by Crippen LogP contribution is -2.08. The number of benzene rings is 2. The Labute approximate surface area is 115 Å². The summed E-state index contributed by atoms with van der Waals surface area (Å²) < 4.78 is 5.22. The van der Waals surface area contributed by atoms with Crippen LogP contribution in [-0.2, 0) is 0 Å². The molecule has 96 valence electrons. The minimum Gasteiger partial charge on any atom is -0.423 e. The topological polar surface area (TPSA) is 64.7 Å². The average molecular weight is 275 g/mol. The molecule has 0 aromatic heterocycles. The van der Waals surface area contributed by atoms with Crippen LogP contribution in [0.5, 0.6) is 5.75 Å². The summed E-state index contributed by atoms with van der Waals surface area (Å²) in [6, 6.07) is 13.3. The van der Waals surface area contributed by atoms with Crippen molar-refractivity contribution in [2.45, 2.75) is 0 Å². The summed E-state index contributed by atoms with van der Waals surface area (Å²) in [6.07, 6.45) is 1.50. The van der Waals surface area contributed by atoms with Gasteiger partial charge < -0.3 is 10.6 Å².